The van der Waals surface area contributed by atoms with Gasteiger partial charge in [-0.3, -0.25) is 9.59 Å². The molecule has 0 fully saturated rings. The van der Waals surface area contributed by atoms with Crippen molar-refractivity contribution in [3.63, 3.8) is 0 Å². The zero-order chi connectivity index (χ0) is 22.9. The van der Waals surface area contributed by atoms with Gasteiger partial charge >= 0.3 is 12.1 Å². The summed E-state index contributed by atoms with van der Waals surface area (Å²) in [5.74, 6) is -1.42. The van der Waals surface area contributed by atoms with Gasteiger partial charge in [0.05, 0.1) is 5.92 Å². The lowest BCUT2D eigenvalue weighted by Gasteiger charge is -2.14. The predicted octanol–water partition coefficient (Wildman–Crippen LogP) is 3.92. The fourth-order valence-electron chi connectivity index (χ4n) is 3.89. The third-order valence-corrected chi connectivity index (χ3v) is 5.76. The summed E-state index contributed by atoms with van der Waals surface area (Å²) in [6.07, 6.45) is 1.57. The first kappa shape index (κ1) is 23.3. The monoisotopic (exact) mass is 438 g/mol. The van der Waals surface area contributed by atoms with Crippen LogP contribution in [0.2, 0.25) is 0 Å². The molecule has 170 valence electrons. The van der Waals surface area contributed by atoms with Crippen molar-refractivity contribution >= 4 is 18.0 Å². The van der Waals surface area contributed by atoms with Gasteiger partial charge in [0.25, 0.3) is 0 Å². The van der Waals surface area contributed by atoms with E-state index in [0.717, 1.165) is 0 Å². The summed E-state index contributed by atoms with van der Waals surface area (Å²) in [5.41, 5.74) is 4.72. The molecule has 3 N–H and O–H groups in total. The third-order valence-electron chi connectivity index (χ3n) is 5.76. The highest BCUT2D eigenvalue weighted by molar-refractivity contribution is 5.79. The molecule has 0 heterocycles. The van der Waals surface area contributed by atoms with Gasteiger partial charge in [0, 0.05) is 25.4 Å². The number of aliphatic carboxylic acids is 1. The molecule has 7 heteroatoms. The molecule has 0 spiro atoms. The van der Waals surface area contributed by atoms with E-state index in [1.54, 1.807) is 6.92 Å². The summed E-state index contributed by atoms with van der Waals surface area (Å²) in [4.78, 5) is 34.6. The van der Waals surface area contributed by atoms with Gasteiger partial charge in [-0.1, -0.05) is 55.5 Å². The van der Waals surface area contributed by atoms with Crippen molar-refractivity contribution in [3.05, 3.63) is 59.7 Å². The van der Waals surface area contributed by atoms with Crippen LogP contribution in [0.1, 0.15) is 49.7 Å². The van der Waals surface area contributed by atoms with Gasteiger partial charge in [-0.15, -0.1) is 0 Å². The molecule has 2 aromatic carbocycles. The maximum absolute atomic E-state index is 12.1. The van der Waals surface area contributed by atoms with Gasteiger partial charge in [0.1, 0.15) is 6.61 Å². The molecular weight excluding hydrogens is 408 g/mol. The first-order valence-electron chi connectivity index (χ1n) is 11.1. The van der Waals surface area contributed by atoms with Crippen LogP contribution in [0, 0.1) is 5.92 Å². The zero-order valence-electron chi connectivity index (χ0n) is 18.3. The lowest BCUT2D eigenvalue weighted by Crippen LogP contribution is -2.28. The van der Waals surface area contributed by atoms with E-state index in [9.17, 15) is 14.4 Å². The van der Waals surface area contributed by atoms with Crippen molar-refractivity contribution in [2.24, 2.45) is 5.92 Å². The van der Waals surface area contributed by atoms with Gasteiger partial charge in [-0.2, -0.15) is 0 Å². The number of hydrogen-bond acceptors (Lipinski definition) is 4. The number of alkyl carbamates (subject to hydrolysis) is 1. The third kappa shape index (κ3) is 6.09. The average Bonchev–Trinajstić information content (AvgIpc) is 3.11. The Labute approximate surface area is 188 Å². The van der Waals surface area contributed by atoms with E-state index >= 15 is 0 Å². The van der Waals surface area contributed by atoms with Crippen molar-refractivity contribution in [1.82, 2.24) is 10.6 Å². The minimum atomic E-state index is -0.862. The first-order chi connectivity index (χ1) is 15.5. The number of nitrogens with one attached hydrogen (secondary N) is 2. The second kappa shape index (κ2) is 11.3. The Morgan fingerprint density at radius 1 is 0.938 bits per heavy atom. The Morgan fingerprint density at radius 3 is 2.19 bits per heavy atom. The Balaban J connectivity index is 1.33. The van der Waals surface area contributed by atoms with E-state index in [1.165, 1.54) is 22.3 Å². The lowest BCUT2D eigenvalue weighted by molar-refractivity contribution is -0.141. The highest BCUT2D eigenvalue weighted by Crippen LogP contribution is 2.44. The van der Waals surface area contributed by atoms with E-state index in [4.69, 9.17) is 9.84 Å². The first-order valence-corrected chi connectivity index (χ1v) is 11.1. The molecule has 3 rings (SSSR count). The number of benzene rings is 2. The molecular formula is C25H30N2O5. The number of hydrogen-bond donors (Lipinski definition) is 3. The number of ether oxygens (including phenoxy) is 1. The van der Waals surface area contributed by atoms with Crippen molar-refractivity contribution in [2.75, 3.05) is 19.7 Å². The summed E-state index contributed by atoms with van der Waals surface area (Å²) >= 11 is 0. The van der Waals surface area contributed by atoms with E-state index < -0.39 is 18.0 Å². The maximum Gasteiger partial charge on any atom is 0.407 e. The second-order valence-corrected chi connectivity index (χ2v) is 8.09. The number of fused-ring (bicyclic) bond motifs is 3. The van der Waals surface area contributed by atoms with Crippen LogP contribution in [-0.4, -0.2) is 42.8 Å². The van der Waals surface area contributed by atoms with E-state index in [0.29, 0.717) is 38.8 Å². The lowest BCUT2D eigenvalue weighted by atomic mass is 9.98. The molecule has 0 aromatic heterocycles. The SMILES string of the molecule is CC(CCNC(=O)CCCCNC(=O)OCC1c2ccccc2-c2ccccc21)C(=O)O. The van der Waals surface area contributed by atoms with Crippen LogP contribution >= 0.6 is 0 Å². The number of carboxylic acids is 1. The number of rotatable bonds is 11. The van der Waals surface area contributed by atoms with Gasteiger partial charge in [-0.05, 0) is 41.5 Å². The van der Waals surface area contributed by atoms with Crippen LogP contribution in [0.5, 0.6) is 0 Å². The molecule has 0 bridgehead atoms. The highest BCUT2D eigenvalue weighted by Gasteiger charge is 2.28. The molecule has 1 unspecified atom stereocenters. The van der Waals surface area contributed by atoms with E-state index in [2.05, 4.69) is 34.9 Å². The minimum absolute atomic E-state index is 0.0284. The fourth-order valence-corrected chi connectivity index (χ4v) is 3.89. The van der Waals surface area contributed by atoms with E-state index in [1.807, 2.05) is 24.3 Å². The van der Waals surface area contributed by atoms with Crippen LogP contribution in [0.4, 0.5) is 4.79 Å². The van der Waals surface area contributed by atoms with Gasteiger partial charge in [-0.25, -0.2) is 4.79 Å². The predicted molar refractivity (Wildman–Crippen MR) is 121 cm³/mol. The number of carbonyl (C=O) groups excluding carboxylic acids is 2. The normalized spacial score (nSPS) is 13.0. The summed E-state index contributed by atoms with van der Waals surface area (Å²) in [7, 11) is 0. The van der Waals surface area contributed by atoms with Crippen molar-refractivity contribution in [1.29, 1.82) is 0 Å². The number of unbranched alkanes of at least 4 members (excludes halogenated alkanes) is 1. The van der Waals surface area contributed by atoms with Crippen molar-refractivity contribution in [3.8, 4) is 11.1 Å². The smallest absolute Gasteiger partial charge is 0.407 e. The van der Waals surface area contributed by atoms with Crippen LogP contribution in [0.3, 0.4) is 0 Å². The molecule has 1 aliphatic carbocycles. The molecule has 2 amide bonds. The molecule has 7 nitrogen and oxygen atoms in total. The summed E-state index contributed by atoms with van der Waals surface area (Å²) < 4.78 is 5.48. The molecule has 1 atom stereocenters. The molecule has 0 saturated carbocycles. The minimum Gasteiger partial charge on any atom is -0.481 e. The van der Waals surface area contributed by atoms with E-state index in [-0.39, 0.29) is 18.4 Å². The van der Waals surface area contributed by atoms with Gasteiger partial charge < -0.3 is 20.5 Å². The number of amides is 2. The topological polar surface area (TPSA) is 105 Å². The molecule has 1 aliphatic rings. The zero-order valence-corrected chi connectivity index (χ0v) is 18.3. The van der Waals surface area contributed by atoms with Crippen LogP contribution in [-0.2, 0) is 14.3 Å². The quantitative estimate of drug-likeness (QED) is 0.461. The summed E-state index contributed by atoms with van der Waals surface area (Å²) in [5, 5.41) is 14.3. The Hall–Kier alpha value is -3.35. The molecule has 2 aromatic rings. The Morgan fingerprint density at radius 2 is 1.56 bits per heavy atom. The average molecular weight is 439 g/mol. The highest BCUT2D eigenvalue weighted by atomic mass is 16.5. The van der Waals surface area contributed by atoms with Gasteiger partial charge in [0.15, 0.2) is 0 Å². The number of carboxylic acid groups (broad SMARTS) is 1. The van der Waals surface area contributed by atoms with Gasteiger partial charge in [0.2, 0.25) is 5.91 Å². The molecule has 0 radical (unpaired) electrons. The standard InChI is InChI=1S/C25H30N2O5/c1-17(24(29)30)13-15-26-23(28)12-6-7-14-27-25(31)32-16-22-20-10-4-2-8-18(20)19-9-3-5-11-21(19)22/h2-5,8-11,17,22H,6-7,12-16H2,1H3,(H,26,28)(H,27,31)(H,29,30). The fraction of sp³-hybridized carbons (Fsp3) is 0.400. The molecule has 0 saturated heterocycles. The van der Waals surface area contributed by atoms with Crippen LogP contribution in [0.25, 0.3) is 11.1 Å². The maximum atomic E-state index is 12.1. The van der Waals surface area contributed by atoms with Crippen molar-refractivity contribution < 1.29 is 24.2 Å². The summed E-state index contributed by atoms with van der Waals surface area (Å²) in [6, 6.07) is 16.4. The Bertz CT molecular complexity index is 913. The second-order valence-electron chi connectivity index (χ2n) is 8.09. The number of carbonyl (C=O) groups is 3. The molecule has 32 heavy (non-hydrogen) atoms. The Kier molecular flexibility index (Phi) is 8.25. The largest absolute Gasteiger partial charge is 0.481 e. The van der Waals surface area contributed by atoms with Crippen molar-refractivity contribution in [2.45, 2.75) is 38.5 Å². The summed E-state index contributed by atoms with van der Waals surface area (Å²) in [6.45, 7) is 2.67. The van der Waals surface area contributed by atoms with Crippen LogP contribution < -0.4 is 10.6 Å². The van der Waals surface area contributed by atoms with Crippen LogP contribution in [0.15, 0.2) is 48.5 Å². The molecule has 0 aliphatic heterocycles.